The van der Waals surface area contributed by atoms with Crippen LogP contribution in [0, 0.1) is 23.2 Å². The Bertz CT molecular complexity index is 352. The summed E-state index contributed by atoms with van der Waals surface area (Å²) < 4.78 is 11.3. The summed E-state index contributed by atoms with van der Waals surface area (Å²) in [5, 5.41) is 0. The molecule has 110 valence electrons. The summed E-state index contributed by atoms with van der Waals surface area (Å²) in [5.41, 5.74) is 0.0103. The molecule has 3 nitrogen and oxygen atoms in total. The highest BCUT2D eigenvalue weighted by Gasteiger charge is 2.59. The Morgan fingerprint density at radius 2 is 2.00 bits per heavy atom. The summed E-state index contributed by atoms with van der Waals surface area (Å²) in [5.74, 6) is 0.959. The summed E-state index contributed by atoms with van der Waals surface area (Å²) >= 11 is 0. The molecule has 3 aliphatic rings. The first kappa shape index (κ1) is 14.8. The summed E-state index contributed by atoms with van der Waals surface area (Å²) in [6.07, 6.45) is 4.08. The monoisotopic (exact) mass is 268 g/mol. The second kappa shape index (κ2) is 5.08. The second-order valence-corrected chi connectivity index (χ2v) is 7.31. The molecule has 0 aromatic carbocycles. The lowest BCUT2D eigenvalue weighted by Gasteiger charge is -2.58. The summed E-state index contributed by atoms with van der Waals surface area (Å²) in [6.45, 7) is 9.67. The van der Waals surface area contributed by atoms with Crippen molar-refractivity contribution in [3.05, 3.63) is 0 Å². The molecule has 3 fully saturated rings. The number of carbonyl (C=O) groups excluding carboxylic acids is 1. The Kier molecular flexibility index (Phi) is 3.97. The molecule has 0 aromatic heterocycles. The molecule has 2 bridgehead atoms. The molecule has 0 spiro atoms. The van der Waals surface area contributed by atoms with E-state index >= 15 is 0 Å². The normalized spacial score (nSPS) is 41.6. The van der Waals surface area contributed by atoms with E-state index in [1.165, 1.54) is 13.5 Å². The van der Waals surface area contributed by atoms with Gasteiger partial charge >= 0.3 is 5.97 Å². The van der Waals surface area contributed by atoms with Gasteiger partial charge in [0, 0.05) is 6.61 Å². The summed E-state index contributed by atoms with van der Waals surface area (Å²) in [6, 6.07) is 0. The molecule has 0 unspecified atom stereocenters. The van der Waals surface area contributed by atoms with E-state index in [-0.39, 0.29) is 22.9 Å². The van der Waals surface area contributed by atoms with E-state index in [0.717, 1.165) is 25.9 Å². The van der Waals surface area contributed by atoms with Crippen molar-refractivity contribution in [2.24, 2.45) is 23.2 Å². The van der Waals surface area contributed by atoms with Gasteiger partial charge in [0.25, 0.3) is 0 Å². The highest BCUT2D eigenvalue weighted by molar-refractivity contribution is 5.74. The van der Waals surface area contributed by atoms with Gasteiger partial charge < -0.3 is 9.47 Å². The van der Waals surface area contributed by atoms with E-state index in [9.17, 15) is 4.79 Å². The number of fused-ring (bicyclic) bond motifs is 3. The number of esters is 1. The predicted molar refractivity (Wildman–Crippen MR) is 74.8 cm³/mol. The molecule has 0 saturated heterocycles. The fourth-order valence-electron chi connectivity index (χ4n) is 3.89. The lowest BCUT2D eigenvalue weighted by molar-refractivity contribution is -0.209. The van der Waals surface area contributed by atoms with E-state index in [1.54, 1.807) is 0 Å². The SMILES string of the molecule is COC(=O)[C@H]1C[C@@]2(C)CC[C@@]1(OCC(C)C)C[C@H]2C. The van der Waals surface area contributed by atoms with Crippen LogP contribution in [-0.2, 0) is 14.3 Å². The third-order valence-corrected chi connectivity index (χ3v) is 5.46. The first-order valence-electron chi connectivity index (χ1n) is 7.55. The van der Waals surface area contributed by atoms with Crippen molar-refractivity contribution in [2.45, 2.75) is 59.0 Å². The van der Waals surface area contributed by atoms with E-state index < -0.39 is 0 Å². The zero-order valence-electron chi connectivity index (χ0n) is 13.0. The Morgan fingerprint density at radius 3 is 2.53 bits per heavy atom. The van der Waals surface area contributed by atoms with Gasteiger partial charge in [-0.3, -0.25) is 4.79 Å². The predicted octanol–water partition coefficient (Wildman–Crippen LogP) is 3.42. The largest absolute Gasteiger partial charge is 0.469 e. The molecule has 3 saturated carbocycles. The molecular weight excluding hydrogens is 240 g/mol. The average Bonchev–Trinajstić information content (AvgIpc) is 2.37. The number of carbonyl (C=O) groups is 1. The third kappa shape index (κ3) is 2.54. The first-order chi connectivity index (χ1) is 8.83. The Hall–Kier alpha value is -0.570. The smallest absolute Gasteiger partial charge is 0.311 e. The fourth-order valence-corrected chi connectivity index (χ4v) is 3.89. The topological polar surface area (TPSA) is 35.5 Å². The van der Waals surface area contributed by atoms with Gasteiger partial charge in [-0.05, 0) is 42.9 Å². The molecule has 19 heavy (non-hydrogen) atoms. The number of ether oxygens (including phenoxy) is 2. The molecule has 3 rings (SSSR count). The van der Waals surface area contributed by atoms with Crippen LogP contribution in [-0.4, -0.2) is 25.3 Å². The molecule has 0 aliphatic heterocycles. The van der Waals surface area contributed by atoms with Crippen LogP contribution in [0.5, 0.6) is 0 Å². The Labute approximate surface area is 117 Å². The summed E-state index contributed by atoms with van der Waals surface area (Å²) in [4.78, 5) is 12.2. The standard InChI is InChI=1S/C16H28O3/c1-11(2)10-19-16-7-6-15(4,12(3)8-16)9-13(16)14(17)18-5/h11-13H,6-10H2,1-5H3/t12-,13-,15-,16-/m1/s1. The number of hydrogen-bond acceptors (Lipinski definition) is 3. The van der Waals surface area contributed by atoms with Gasteiger partial charge in [0.1, 0.15) is 0 Å². The van der Waals surface area contributed by atoms with Crippen molar-refractivity contribution in [3.63, 3.8) is 0 Å². The van der Waals surface area contributed by atoms with Gasteiger partial charge in [-0.15, -0.1) is 0 Å². The van der Waals surface area contributed by atoms with Crippen LogP contribution in [0.1, 0.15) is 53.4 Å². The number of hydrogen-bond donors (Lipinski definition) is 0. The molecule has 0 N–H and O–H groups in total. The van der Waals surface area contributed by atoms with Gasteiger partial charge in [-0.25, -0.2) is 0 Å². The van der Waals surface area contributed by atoms with E-state index in [4.69, 9.17) is 9.47 Å². The highest BCUT2D eigenvalue weighted by Crippen LogP contribution is 2.59. The molecule has 0 aromatic rings. The number of methoxy groups -OCH3 is 1. The lowest BCUT2D eigenvalue weighted by Crippen LogP contribution is -2.59. The molecule has 3 aliphatic carbocycles. The van der Waals surface area contributed by atoms with Crippen LogP contribution in [0.25, 0.3) is 0 Å². The molecule has 0 radical (unpaired) electrons. The maximum atomic E-state index is 12.2. The van der Waals surface area contributed by atoms with Crippen LogP contribution in [0.4, 0.5) is 0 Å². The number of rotatable bonds is 4. The first-order valence-corrected chi connectivity index (χ1v) is 7.55. The van der Waals surface area contributed by atoms with Crippen LogP contribution in [0.3, 0.4) is 0 Å². The van der Waals surface area contributed by atoms with Gasteiger partial charge in [-0.1, -0.05) is 27.7 Å². The van der Waals surface area contributed by atoms with Crippen molar-refractivity contribution < 1.29 is 14.3 Å². The van der Waals surface area contributed by atoms with Crippen molar-refractivity contribution in [1.82, 2.24) is 0 Å². The van der Waals surface area contributed by atoms with Crippen molar-refractivity contribution in [3.8, 4) is 0 Å². The Balaban J connectivity index is 2.23. The minimum absolute atomic E-state index is 0.0776. The minimum Gasteiger partial charge on any atom is -0.469 e. The molecule has 0 heterocycles. The molecule has 3 heteroatoms. The van der Waals surface area contributed by atoms with Crippen LogP contribution in [0.2, 0.25) is 0 Å². The summed E-state index contributed by atoms with van der Waals surface area (Å²) in [7, 11) is 1.49. The fraction of sp³-hybridized carbons (Fsp3) is 0.938. The van der Waals surface area contributed by atoms with E-state index in [0.29, 0.717) is 11.8 Å². The van der Waals surface area contributed by atoms with Crippen molar-refractivity contribution >= 4 is 5.97 Å². The van der Waals surface area contributed by atoms with Crippen LogP contribution < -0.4 is 0 Å². The molecule has 0 amide bonds. The molecule has 4 atom stereocenters. The minimum atomic E-state index is -0.269. The van der Waals surface area contributed by atoms with Crippen LogP contribution in [0.15, 0.2) is 0 Å². The second-order valence-electron chi connectivity index (χ2n) is 7.31. The van der Waals surface area contributed by atoms with E-state index in [2.05, 4.69) is 27.7 Å². The van der Waals surface area contributed by atoms with Gasteiger partial charge in [0.05, 0.1) is 18.6 Å². The van der Waals surface area contributed by atoms with Gasteiger partial charge in [-0.2, -0.15) is 0 Å². The quantitative estimate of drug-likeness (QED) is 0.733. The van der Waals surface area contributed by atoms with Gasteiger partial charge in [0.2, 0.25) is 0 Å². The Morgan fingerprint density at radius 1 is 1.32 bits per heavy atom. The maximum Gasteiger partial charge on any atom is 0.311 e. The van der Waals surface area contributed by atoms with Crippen molar-refractivity contribution in [2.75, 3.05) is 13.7 Å². The van der Waals surface area contributed by atoms with Gasteiger partial charge in [0.15, 0.2) is 0 Å². The zero-order chi connectivity index (χ0) is 14.3. The highest BCUT2D eigenvalue weighted by atomic mass is 16.5. The average molecular weight is 268 g/mol. The molecular formula is C16H28O3. The lowest BCUT2D eigenvalue weighted by atomic mass is 9.50. The zero-order valence-corrected chi connectivity index (χ0v) is 13.0. The van der Waals surface area contributed by atoms with Crippen LogP contribution >= 0.6 is 0 Å². The maximum absolute atomic E-state index is 12.2. The van der Waals surface area contributed by atoms with Crippen molar-refractivity contribution in [1.29, 1.82) is 0 Å². The third-order valence-electron chi connectivity index (χ3n) is 5.46. The van der Waals surface area contributed by atoms with E-state index in [1.807, 2.05) is 0 Å².